The molecule has 5 nitrogen and oxygen atoms in total. The number of anilines is 1. The molecule has 4 rings (SSSR count). The van der Waals surface area contributed by atoms with E-state index in [0.717, 1.165) is 11.3 Å². The van der Waals surface area contributed by atoms with Crippen LogP contribution in [0.4, 0.5) is 32.0 Å². The molecule has 0 amide bonds. The maximum absolute atomic E-state index is 13.2. The van der Waals surface area contributed by atoms with E-state index in [1.165, 1.54) is 29.6 Å². The van der Waals surface area contributed by atoms with Crippen molar-refractivity contribution in [2.75, 3.05) is 5.48 Å². The van der Waals surface area contributed by atoms with Gasteiger partial charge in [0.25, 0.3) is 0 Å². The van der Waals surface area contributed by atoms with E-state index in [4.69, 9.17) is 0 Å². The number of aromatic carboxylic acids is 1. The van der Waals surface area contributed by atoms with Gasteiger partial charge in [0.2, 0.25) is 0 Å². The normalized spacial score (nSPS) is 12.0. The number of nitrogens with one attached hydrogen (secondary N) is 1. The maximum Gasteiger partial charge on any atom is 0.416 e. The first-order valence-electron chi connectivity index (χ1n) is 10.0. The molecule has 3 N–H and O–H groups in total. The molecule has 4 aromatic rings. The van der Waals surface area contributed by atoms with Gasteiger partial charge in [-0.2, -0.15) is 26.3 Å². The number of benzene rings is 3. The smallest absolute Gasteiger partial charge is 0.416 e. The van der Waals surface area contributed by atoms with Crippen LogP contribution in [0.5, 0.6) is 0 Å². The topological polar surface area (TPSA) is 82.5 Å². The summed E-state index contributed by atoms with van der Waals surface area (Å²) >= 11 is 0.935. The average molecular weight is 524 g/mol. The molecule has 0 aliphatic rings. The number of carboxylic acid groups (broad SMARTS) is 1. The van der Waals surface area contributed by atoms with Crippen LogP contribution in [0.1, 0.15) is 21.5 Å². The van der Waals surface area contributed by atoms with Gasteiger partial charge in [0.15, 0.2) is 0 Å². The number of hydrogen-bond donors (Lipinski definition) is 3. The molecule has 36 heavy (non-hydrogen) atoms. The van der Waals surface area contributed by atoms with Crippen LogP contribution in [0.3, 0.4) is 0 Å². The predicted octanol–water partition coefficient (Wildman–Crippen LogP) is 7.68. The Bertz CT molecular complexity index is 1410. The van der Waals surface area contributed by atoms with E-state index in [1.807, 2.05) is 5.48 Å². The molecule has 0 unspecified atom stereocenters. The van der Waals surface area contributed by atoms with Crippen LogP contribution in [-0.4, -0.2) is 21.3 Å². The van der Waals surface area contributed by atoms with Crippen molar-refractivity contribution in [2.24, 2.45) is 0 Å². The Kier molecular flexibility index (Phi) is 6.50. The number of rotatable bonds is 5. The Labute approximate surface area is 203 Å². The fourth-order valence-electron chi connectivity index (χ4n) is 3.55. The monoisotopic (exact) mass is 524 g/mol. The highest BCUT2D eigenvalue weighted by Gasteiger charge is 2.37. The number of carboxylic acids is 1. The van der Waals surface area contributed by atoms with E-state index < -0.39 is 29.4 Å². The van der Waals surface area contributed by atoms with Crippen molar-refractivity contribution in [1.82, 2.24) is 4.98 Å². The van der Waals surface area contributed by atoms with Gasteiger partial charge in [0.05, 0.1) is 28.1 Å². The Morgan fingerprint density at radius 2 is 1.47 bits per heavy atom. The lowest BCUT2D eigenvalue weighted by Gasteiger charge is -2.13. The third-order valence-electron chi connectivity index (χ3n) is 5.22. The molecule has 0 saturated carbocycles. The number of hydrogen-bond acceptors (Lipinski definition) is 5. The third kappa shape index (κ3) is 5.04. The SMILES string of the molecule is O=C(O)c1cc(-c2nc(-c3cc(C(F)(F)F)cc(C(F)(F)F)c3)cs2)ccc1-c1ccccc1NO. The highest BCUT2D eigenvalue weighted by atomic mass is 32.1. The molecule has 12 heteroatoms. The summed E-state index contributed by atoms with van der Waals surface area (Å²) in [6, 6.07) is 11.9. The van der Waals surface area contributed by atoms with Crippen molar-refractivity contribution in [1.29, 1.82) is 0 Å². The van der Waals surface area contributed by atoms with Crippen LogP contribution in [-0.2, 0) is 12.4 Å². The molecule has 0 saturated heterocycles. The molecule has 0 bridgehead atoms. The molecule has 186 valence electrons. The van der Waals surface area contributed by atoms with Gasteiger partial charge in [0.1, 0.15) is 5.01 Å². The van der Waals surface area contributed by atoms with E-state index in [0.29, 0.717) is 23.3 Å². The van der Waals surface area contributed by atoms with Crippen LogP contribution in [0.15, 0.2) is 66.0 Å². The van der Waals surface area contributed by atoms with Gasteiger partial charge in [-0.1, -0.05) is 30.3 Å². The van der Waals surface area contributed by atoms with Gasteiger partial charge in [0, 0.05) is 22.1 Å². The molecular formula is C24H14F6N2O3S. The average Bonchev–Trinajstić information content (AvgIpc) is 3.32. The van der Waals surface area contributed by atoms with Crippen molar-refractivity contribution in [3.05, 3.63) is 82.7 Å². The fourth-order valence-corrected chi connectivity index (χ4v) is 4.37. The van der Waals surface area contributed by atoms with Crippen molar-refractivity contribution in [3.8, 4) is 33.0 Å². The van der Waals surface area contributed by atoms with Crippen molar-refractivity contribution in [2.45, 2.75) is 12.4 Å². The number of carbonyl (C=O) groups is 1. The summed E-state index contributed by atoms with van der Waals surface area (Å²) in [4.78, 5) is 16.1. The zero-order chi connectivity index (χ0) is 26.3. The second kappa shape index (κ2) is 9.28. The lowest BCUT2D eigenvalue weighted by atomic mass is 9.96. The van der Waals surface area contributed by atoms with Crippen LogP contribution in [0.25, 0.3) is 33.0 Å². The van der Waals surface area contributed by atoms with E-state index in [-0.39, 0.29) is 39.1 Å². The van der Waals surface area contributed by atoms with E-state index in [2.05, 4.69) is 4.98 Å². The first-order valence-corrected chi connectivity index (χ1v) is 10.9. The van der Waals surface area contributed by atoms with Gasteiger partial charge < -0.3 is 5.11 Å². The van der Waals surface area contributed by atoms with E-state index in [9.17, 15) is 41.5 Å². The Balaban J connectivity index is 1.79. The molecule has 0 aliphatic heterocycles. The van der Waals surface area contributed by atoms with Gasteiger partial charge in [-0.25, -0.2) is 9.78 Å². The molecule has 1 aromatic heterocycles. The van der Waals surface area contributed by atoms with Crippen LogP contribution in [0, 0.1) is 0 Å². The lowest BCUT2D eigenvalue weighted by Crippen LogP contribution is -2.11. The van der Waals surface area contributed by atoms with Gasteiger partial charge >= 0.3 is 18.3 Å². The van der Waals surface area contributed by atoms with Crippen molar-refractivity contribution in [3.63, 3.8) is 0 Å². The quantitative estimate of drug-likeness (QED) is 0.184. The summed E-state index contributed by atoms with van der Waals surface area (Å²) in [5.74, 6) is -1.29. The second-order valence-electron chi connectivity index (χ2n) is 7.56. The minimum atomic E-state index is -5.00. The zero-order valence-corrected chi connectivity index (χ0v) is 18.6. The minimum Gasteiger partial charge on any atom is -0.478 e. The van der Waals surface area contributed by atoms with Crippen LogP contribution < -0.4 is 5.48 Å². The Morgan fingerprint density at radius 3 is 2.06 bits per heavy atom. The third-order valence-corrected chi connectivity index (χ3v) is 6.11. The van der Waals surface area contributed by atoms with Crippen molar-refractivity contribution < 1.29 is 41.5 Å². The highest BCUT2D eigenvalue weighted by Crippen LogP contribution is 2.40. The summed E-state index contributed by atoms with van der Waals surface area (Å²) in [5.41, 5.74) is -0.356. The molecule has 0 radical (unpaired) electrons. The second-order valence-corrected chi connectivity index (χ2v) is 8.41. The standard InChI is InChI=1S/C24H14F6N2O3S/c25-23(26,27)14-7-13(8-15(10-14)24(28,29)30)20-11-36-21(31-20)12-5-6-16(18(9-12)22(33)34)17-3-1-2-4-19(17)32-35/h1-11,32,35H,(H,33,34). The molecule has 0 atom stereocenters. The molecule has 0 spiro atoms. The number of thiazole rings is 1. The largest absolute Gasteiger partial charge is 0.478 e. The van der Waals surface area contributed by atoms with Gasteiger partial charge in [-0.15, -0.1) is 11.3 Å². The number of aromatic nitrogens is 1. The summed E-state index contributed by atoms with van der Waals surface area (Å²) in [6.07, 6.45) is -10.00. The summed E-state index contributed by atoms with van der Waals surface area (Å²) in [7, 11) is 0. The first kappa shape index (κ1) is 25.2. The molecule has 0 aliphatic carbocycles. The molecule has 1 heterocycles. The summed E-state index contributed by atoms with van der Waals surface area (Å²) in [6.45, 7) is 0. The Hall–Kier alpha value is -3.90. The number of nitrogens with zero attached hydrogens (tertiary/aromatic N) is 1. The van der Waals surface area contributed by atoms with Gasteiger partial charge in [-0.05, 0) is 35.9 Å². The fraction of sp³-hybridized carbons (Fsp3) is 0.0833. The molecule has 3 aromatic carbocycles. The van der Waals surface area contributed by atoms with E-state index in [1.54, 1.807) is 18.2 Å². The van der Waals surface area contributed by atoms with Gasteiger partial charge in [-0.3, -0.25) is 10.7 Å². The van der Waals surface area contributed by atoms with E-state index >= 15 is 0 Å². The molecule has 0 fully saturated rings. The van der Waals surface area contributed by atoms with Crippen LogP contribution >= 0.6 is 11.3 Å². The van der Waals surface area contributed by atoms with Crippen LogP contribution in [0.2, 0.25) is 0 Å². The molecular weight excluding hydrogens is 510 g/mol. The highest BCUT2D eigenvalue weighted by molar-refractivity contribution is 7.13. The predicted molar refractivity (Wildman–Crippen MR) is 121 cm³/mol. The Morgan fingerprint density at radius 1 is 0.833 bits per heavy atom. The number of para-hydroxylation sites is 1. The maximum atomic E-state index is 13.2. The van der Waals surface area contributed by atoms with Crippen molar-refractivity contribution >= 4 is 23.0 Å². The number of alkyl halides is 6. The lowest BCUT2D eigenvalue weighted by molar-refractivity contribution is -0.143. The minimum absolute atomic E-state index is 0.0354. The first-order chi connectivity index (χ1) is 16.9. The zero-order valence-electron chi connectivity index (χ0n) is 17.8. The summed E-state index contributed by atoms with van der Waals surface area (Å²) < 4.78 is 79.3. The number of halogens is 6. The summed E-state index contributed by atoms with van der Waals surface area (Å²) in [5, 5.41) is 20.6.